The molecule has 148 valence electrons. The van der Waals surface area contributed by atoms with Crippen LogP contribution in [0.4, 0.5) is 5.69 Å². The Morgan fingerprint density at radius 3 is 2.71 bits per heavy atom. The van der Waals surface area contributed by atoms with Crippen molar-refractivity contribution in [2.45, 2.75) is 39.9 Å². The first kappa shape index (κ1) is 19.9. The van der Waals surface area contributed by atoms with Crippen LogP contribution in [-0.4, -0.2) is 31.4 Å². The minimum Gasteiger partial charge on any atom is -0.467 e. The summed E-state index contributed by atoms with van der Waals surface area (Å²) in [5.41, 5.74) is 1.28. The predicted molar refractivity (Wildman–Crippen MR) is 106 cm³/mol. The van der Waals surface area contributed by atoms with Crippen molar-refractivity contribution in [3.8, 4) is 0 Å². The van der Waals surface area contributed by atoms with E-state index in [4.69, 9.17) is 4.42 Å². The highest BCUT2D eigenvalue weighted by molar-refractivity contribution is 9.10. The minimum absolute atomic E-state index is 0.145. The van der Waals surface area contributed by atoms with Crippen molar-refractivity contribution in [2.24, 2.45) is 0 Å². The van der Waals surface area contributed by atoms with E-state index in [1.165, 1.54) is 6.26 Å². The lowest BCUT2D eigenvalue weighted by Gasteiger charge is -2.12. The molecule has 0 aliphatic heterocycles. The number of carbonyl (C=O) groups excluding carboxylic acids is 2. The number of furan rings is 1. The van der Waals surface area contributed by atoms with Crippen LogP contribution in [0.5, 0.6) is 0 Å². The van der Waals surface area contributed by atoms with Crippen LogP contribution in [0.15, 0.2) is 39.7 Å². The van der Waals surface area contributed by atoms with Gasteiger partial charge in [0.1, 0.15) is 11.8 Å². The van der Waals surface area contributed by atoms with Gasteiger partial charge in [-0.2, -0.15) is 10.2 Å². The molecule has 0 spiro atoms. The van der Waals surface area contributed by atoms with Crippen molar-refractivity contribution in [1.82, 2.24) is 24.9 Å². The molecule has 0 fully saturated rings. The number of rotatable bonds is 7. The molecule has 2 N–H and O–H groups in total. The number of aryl methyl sites for hydroxylation is 2. The van der Waals surface area contributed by atoms with Crippen LogP contribution in [-0.2, 0) is 17.9 Å². The molecular formula is C18H21BrN6O3. The molecule has 3 rings (SSSR count). The molecule has 0 saturated carbocycles. The van der Waals surface area contributed by atoms with Crippen LogP contribution in [0.25, 0.3) is 0 Å². The summed E-state index contributed by atoms with van der Waals surface area (Å²) < 4.78 is 9.19. The summed E-state index contributed by atoms with van der Waals surface area (Å²) in [7, 11) is 0. The number of hydrogen-bond donors (Lipinski definition) is 2. The second-order valence-corrected chi connectivity index (χ2v) is 7.07. The van der Waals surface area contributed by atoms with Gasteiger partial charge >= 0.3 is 0 Å². The number of amides is 2. The molecule has 0 bridgehead atoms. The fourth-order valence-corrected chi connectivity index (χ4v) is 2.81. The number of carbonyl (C=O) groups is 2. The average molecular weight is 449 g/mol. The Balaban J connectivity index is 1.74. The molecule has 3 heterocycles. The molecule has 2 amide bonds. The monoisotopic (exact) mass is 448 g/mol. The second kappa shape index (κ2) is 8.42. The summed E-state index contributed by atoms with van der Waals surface area (Å²) in [6.45, 7) is 6.27. The summed E-state index contributed by atoms with van der Waals surface area (Å²) >= 11 is 3.39. The van der Waals surface area contributed by atoms with Gasteiger partial charge in [-0.05, 0) is 48.8 Å². The Kier molecular flexibility index (Phi) is 5.98. The van der Waals surface area contributed by atoms with Gasteiger partial charge in [0.05, 0.1) is 28.7 Å². The number of hydrogen-bond acceptors (Lipinski definition) is 5. The summed E-state index contributed by atoms with van der Waals surface area (Å²) in [4.78, 5) is 25.2. The Bertz CT molecular complexity index is 956. The summed E-state index contributed by atoms with van der Waals surface area (Å²) in [6.07, 6.45) is 4.92. The van der Waals surface area contributed by atoms with Crippen molar-refractivity contribution in [3.63, 3.8) is 0 Å². The first-order chi connectivity index (χ1) is 13.4. The lowest BCUT2D eigenvalue weighted by molar-refractivity contribution is -0.119. The van der Waals surface area contributed by atoms with Crippen LogP contribution in [0, 0.1) is 6.92 Å². The van der Waals surface area contributed by atoms with E-state index in [0.717, 1.165) is 10.2 Å². The van der Waals surface area contributed by atoms with Gasteiger partial charge in [0, 0.05) is 18.9 Å². The molecule has 0 radical (unpaired) electrons. The van der Waals surface area contributed by atoms with E-state index < -0.39 is 11.9 Å². The molecule has 0 aliphatic rings. The van der Waals surface area contributed by atoms with Crippen LogP contribution in [0.3, 0.4) is 0 Å². The van der Waals surface area contributed by atoms with E-state index >= 15 is 0 Å². The zero-order valence-electron chi connectivity index (χ0n) is 15.8. The van der Waals surface area contributed by atoms with Gasteiger partial charge in [0.15, 0.2) is 5.69 Å². The molecule has 28 heavy (non-hydrogen) atoms. The smallest absolute Gasteiger partial charge is 0.274 e. The van der Waals surface area contributed by atoms with Crippen molar-refractivity contribution in [1.29, 1.82) is 0 Å². The molecule has 9 nitrogen and oxygen atoms in total. The fraction of sp³-hybridized carbons (Fsp3) is 0.333. The summed E-state index contributed by atoms with van der Waals surface area (Å²) in [5, 5.41) is 14.1. The highest BCUT2D eigenvalue weighted by Gasteiger charge is 2.22. The van der Waals surface area contributed by atoms with E-state index in [-0.39, 0.29) is 18.1 Å². The van der Waals surface area contributed by atoms with E-state index in [1.54, 1.807) is 40.8 Å². The predicted octanol–water partition coefficient (Wildman–Crippen LogP) is 2.89. The van der Waals surface area contributed by atoms with Crippen molar-refractivity contribution in [3.05, 3.63) is 52.4 Å². The normalized spacial score (nSPS) is 12.0. The van der Waals surface area contributed by atoms with Gasteiger partial charge in [0.25, 0.3) is 5.91 Å². The van der Waals surface area contributed by atoms with Gasteiger partial charge in [0.2, 0.25) is 5.91 Å². The molecule has 10 heteroatoms. The third kappa shape index (κ3) is 4.33. The highest BCUT2D eigenvalue weighted by Crippen LogP contribution is 2.20. The number of nitrogens with zero attached hydrogens (tertiary/aromatic N) is 4. The van der Waals surface area contributed by atoms with E-state index in [1.807, 2.05) is 13.8 Å². The molecule has 0 aromatic carbocycles. The minimum atomic E-state index is -0.561. The molecule has 3 aromatic rings. The van der Waals surface area contributed by atoms with E-state index in [0.29, 0.717) is 18.0 Å². The zero-order chi connectivity index (χ0) is 20.3. The van der Waals surface area contributed by atoms with Crippen molar-refractivity contribution in [2.75, 3.05) is 5.32 Å². The Morgan fingerprint density at radius 2 is 2.11 bits per heavy atom. The lowest BCUT2D eigenvalue weighted by Crippen LogP contribution is -2.27. The number of halogens is 1. The second-order valence-electron chi connectivity index (χ2n) is 6.22. The van der Waals surface area contributed by atoms with Crippen LogP contribution in [0.1, 0.15) is 41.8 Å². The standard InChI is InChI=1S/C18H21BrN6O3/c1-4-24-10-15(16(23-24)18(27)20-8-13-6-5-7-28-13)21-17(26)12(3)25-9-14(19)11(2)22-25/h5-7,9-10,12H,4,8H2,1-3H3,(H,20,27)(H,21,26)/t12-/m0/s1. The fourth-order valence-electron chi connectivity index (χ4n) is 2.52. The quantitative estimate of drug-likeness (QED) is 0.577. The van der Waals surface area contributed by atoms with Gasteiger partial charge < -0.3 is 15.1 Å². The lowest BCUT2D eigenvalue weighted by atomic mass is 10.3. The maximum Gasteiger partial charge on any atom is 0.274 e. The molecule has 0 unspecified atom stereocenters. The van der Waals surface area contributed by atoms with E-state index in [2.05, 4.69) is 36.8 Å². The van der Waals surface area contributed by atoms with Gasteiger partial charge in [-0.1, -0.05) is 0 Å². The average Bonchev–Trinajstić information content (AvgIpc) is 3.40. The number of nitrogens with one attached hydrogen (secondary N) is 2. The molecule has 0 saturated heterocycles. The van der Waals surface area contributed by atoms with Gasteiger partial charge in [-0.25, -0.2) is 0 Å². The maximum atomic E-state index is 12.7. The van der Waals surface area contributed by atoms with Crippen LogP contribution in [0.2, 0.25) is 0 Å². The maximum absolute atomic E-state index is 12.7. The molecule has 3 aromatic heterocycles. The van der Waals surface area contributed by atoms with Crippen LogP contribution >= 0.6 is 15.9 Å². The zero-order valence-corrected chi connectivity index (χ0v) is 17.4. The van der Waals surface area contributed by atoms with Gasteiger partial charge in [-0.15, -0.1) is 0 Å². The SMILES string of the molecule is CCn1cc(NC(=O)[C@H](C)n2cc(Br)c(C)n2)c(C(=O)NCc2ccco2)n1. The third-order valence-corrected chi connectivity index (χ3v) is 4.97. The van der Waals surface area contributed by atoms with Crippen molar-refractivity contribution >= 4 is 33.4 Å². The molecule has 0 aliphatic carbocycles. The highest BCUT2D eigenvalue weighted by atomic mass is 79.9. The Labute approximate surface area is 170 Å². The Morgan fingerprint density at radius 1 is 1.32 bits per heavy atom. The largest absolute Gasteiger partial charge is 0.467 e. The van der Waals surface area contributed by atoms with E-state index in [9.17, 15) is 9.59 Å². The van der Waals surface area contributed by atoms with Gasteiger partial charge in [-0.3, -0.25) is 19.0 Å². The number of anilines is 1. The van der Waals surface area contributed by atoms with Crippen molar-refractivity contribution < 1.29 is 14.0 Å². The Hall–Kier alpha value is -2.88. The number of aromatic nitrogens is 4. The molecule has 1 atom stereocenters. The topological polar surface area (TPSA) is 107 Å². The summed E-state index contributed by atoms with van der Waals surface area (Å²) in [5.74, 6) is -0.0721. The first-order valence-electron chi connectivity index (χ1n) is 8.79. The summed E-state index contributed by atoms with van der Waals surface area (Å²) in [6, 6.07) is 2.95. The molecular weight excluding hydrogens is 428 g/mol. The third-order valence-electron chi connectivity index (χ3n) is 4.19. The first-order valence-corrected chi connectivity index (χ1v) is 9.58. The van der Waals surface area contributed by atoms with Crippen LogP contribution < -0.4 is 10.6 Å².